The van der Waals surface area contributed by atoms with E-state index < -0.39 is 0 Å². The van der Waals surface area contributed by atoms with E-state index in [4.69, 9.17) is 14.2 Å². The molecule has 3 heterocycles. The first-order valence-electron chi connectivity index (χ1n) is 9.96. The van der Waals surface area contributed by atoms with E-state index in [0.29, 0.717) is 43.0 Å². The lowest BCUT2D eigenvalue weighted by Crippen LogP contribution is -2.39. The Hall–Kier alpha value is -2.32. The maximum atomic E-state index is 14.5. The molecule has 0 radical (unpaired) electrons. The second-order valence-electron chi connectivity index (χ2n) is 7.39. The average molecular weight is 404 g/mol. The summed E-state index contributed by atoms with van der Waals surface area (Å²) in [7, 11) is 0. The molecule has 7 nitrogen and oxygen atoms in total. The van der Waals surface area contributed by atoms with Crippen molar-refractivity contribution in [2.24, 2.45) is 9.98 Å². The van der Waals surface area contributed by atoms with Gasteiger partial charge < -0.3 is 14.2 Å². The van der Waals surface area contributed by atoms with Crippen LogP contribution in [0, 0.1) is 5.82 Å². The van der Waals surface area contributed by atoms with Crippen LogP contribution in [0.25, 0.3) is 0 Å². The number of pyridine rings is 1. The Balaban J connectivity index is 1.52. The first-order chi connectivity index (χ1) is 14.0. The number of rotatable bonds is 6. The fourth-order valence-electron chi connectivity index (χ4n) is 3.39. The summed E-state index contributed by atoms with van der Waals surface area (Å²) >= 11 is 0. The van der Waals surface area contributed by atoms with Crippen molar-refractivity contribution in [3.05, 3.63) is 29.4 Å². The highest BCUT2D eigenvalue weighted by Gasteiger charge is 2.28. The third-order valence-electron chi connectivity index (χ3n) is 5.18. The van der Waals surface area contributed by atoms with Crippen molar-refractivity contribution in [1.82, 2.24) is 9.88 Å². The molecule has 1 saturated heterocycles. The standard InChI is InChI=1S/C21H29FN4O3/c1-14(12-24-16(3)23-4)13-29-17-5-7-26(8-6-17)15(2)20-18(22)11-19-21(25-20)28-10-9-27-19/h11-12,15,17H,4-10,13H2,1-3H3/b14-12+,24-16?/t15-/m1/s1. The fourth-order valence-corrected chi connectivity index (χ4v) is 3.39. The molecule has 0 amide bonds. The van der Waals surface area contributed by atoms with E-state index in [9.17, 15) is 4.39 Å². The Kier molecular flexibility index (Phi) is 7.33. The van der Waals surface area contributed by atoms with Gasteiger partial charge in [0, 0.05) is 25.4 Å². The number of ether oxygens (including phenoxy) is 3. The first kappa shape index (κ1) is 21.4. The van der Waals surface area contributed by atoms with Crippen LogP contribution in [0.3, 0.4) is 0 Å². The summed E-state index contributed by atoms with van der Waals surface area (Å²) in [6.07, 6.45) is 3.72. The van der Waals surface area contributed by atoms with Gasteiger partial charge in [-0.3, -0.25) is 4.90 Å². The van der Waals surface area contributed by atoms with E-state index in [2.05, 4.69) is 26.6 Å². The summed E-state index contributed by atoms with van der Waals surface area (Å²) in [5.74, 6) is 1.03. The van der Waals surface area contributed by atoms with Crippen LogP contribution in [-0.4, -0.2) is 61.5 Å². The summed E-state index contributed by atoms with van der Waals surface area (Å²) in [6, 6.07) is 1.24. The number of hydrogen-bond donors (Lipinski definition) is 0. The highest BCUT2D eigenvalue weighted by Crippen LogP contribution is 2.33. The molecular weight excluding hydrogens is 375 g/mol. The van der Waals surface area contributed by atoms with Crippen LogP contribution in [-0.2, 0) is 4.74 Å². The van der Waals surface area contributed by atoms with Crippen molar-refractivity contribution in [1.29, 1.82) is 0 Å². The minimum atomic E-state index is -0.356. The van der Waals surface area contributed by atoms with Gasteiger partial charge in [0.1, 0.15) is 24.9 Å². The smallest absolute Gasteiger partial charge is 0.257 e. The molecule has 158 valence electrons. The molecule has 8 heteroatoms. The van der Waals surface area contributed by atoms with Gasteiger partial charge in [-0.15, -0.1) is 0 Å². The molecular formula is C21H29FN4O3. The summed E-state index contributed by atoms with van der Waals surface area (Å²) in [5, 5.41) is 0. The molecule has 1 aromatic rings. The molecule has 0 saturated carbocycles. The second kappa shape index (κ2) is 9.93. The van der Waals surface area contributed by atoms with Crippen molar-refractivity contribution in [3.8, 4) is 11.6 Å². The van der Waals surface area contributed by atoms with Gasteiger partial charge in [-0.2, -0.15) is 0 Å². The zero-order valence-corrected chi connectivity index (χ0v) is 17.4. The van der Waals surface area contributed by atoms with Crippen LogP contribution in [0.15, 0.2) is 27.8 Å². The molecule has 0 aliphatic carbocycles. The molecule has 0 aromatic carbocycles. The maximum Gasteiger partial charge on any atom is 0.257 e. The molecule has 1 fully saturated rings. The monoisotopic (exact) mass is 404 g/mol. The van der Waals surface area contributed by atoms with Gasteiger partial charge in [0.2, 0.25) is 0 Å². The number of halogens is 1. The molecule has 2 aliphatic rings. The van der Waals surface area contributed by atoms with E-state index >= 15 is 0 Å². The van der Waals surface area contributed by atoms with Gasteiger partial charge in [0.05, 0.1) is 24.4 Å². The quantitative estimate of drug-likeness (QED) is 0.536. The van der Waals surface area contributed by atoms with Crippen LogP contribution in [0.1, 0.15) is 45.3 Å². The molecule has 0 spiro atoms. The van der Waals surface area contributed by atoms with Crippen LogP contribution >= 0.6 is 0 Å². The molecule has 0 unspecified atom stereocenters. The number of likely N-dealkylation sites (tertiary alicyclic amines) is 1. The normalized spacial score (nSPS) is 19.9. The molecule has 1 aromatic heterocycles. The van der Waals surface area contributed by atoms with Gasteiger partial charge in [-0.1, -0.05) is 0 Å². The van der Waals surface area contributed by atoms with E-state index in [1.54, 1.807) is 13.1 Å². The van der Waals surface area contributed by atoms with Crippen molar-refractivity contribution in [3.63, 3.8) is 0 Å². The minimum Gasteiger partial charge on any atom is -0.484 e. The number of amidine groups is 1. The zero-order chi connectivity index (χ0) is 20.8. The third kappa shape index (κ3) is 5.61. The Labute approximate surface area is 171 Å². The Morgan fingerprint density at radius 3 is 2.83 bits per heavy atom. The Morgan fingerprint density at radius 1 is 1.38 bits per heavy atom. The number of nitrogens with zero attached hydrogens (tertiary/aromatic N) is 4. The highest BCUT2D eigenvalue weighted by atomic mass is 19.1. The van der Waals surface area contributed by atoms with Gasteiger partial charge >= 0.3 is 0 Å². The molecule has 3 rings (SSSR count). The number of piperidine rings is 1. The van der Waals surface area contributed by atoms with Crippen molar-refractivity contribution < 1.29 is 18.6 Å². The van der Waals surface area contributed by atoms with Crippen molar-refractivity contribution in [2.45, 2.75) is 45.8 Å². The first-order valence-corrected chi connectivity index (χ1v) is 9.96. The maximum absolute atomic E-state index is 14.5. The number of fused-ring (bicyclic) bond motifs is 1. The summed E-state index contributed by atoms with van der Waals surface area (Å²) in [4.78, 5) is 14.6. The summed E-state index contributed by atoms with van der Waals surface area (Å²) in [6.45, 7) is 12.2. The largest absolute Gasteiger partial charge is 0.484 e. The highest BCUT2D eigenvalue weighted by molar-refractivity contribution is 5.84. The predicted octanol–water partition coefficient (Wildman–Crippen LogP) is 3.56. The zero-order valence-electron chi connectivity index (χ0n) is 17.4. The Morgan fingerprint density at radius 2 is 2.10 bits per heavy atom. The van der Waals surface area contributed by atoms with Crippen LogP contribution < -0.4 is 9.47 Å². The molecule has 0 bridgehead atoms. The summed E-state index contributed by atoms with van der Waals surface area (Å²) < 4.78 is 31.5. The van der Waals surface area contributed by atoms with E-state index in [1.807, 2.05) is 13.8 Å². The van der Waals surface area contributed by atoms with E-state index in [1.165, 1.54) is 6.07 Å². The number of hydrogen-bond acceptors (Lipinski definition) is 6. The molecule has 0 N–H and O–H groups in total. The number of aliphatic imine (C=N–C) groups is 2. The molecule has 29 heavy (non-hydrogen) atoms. The van der Waals surface area contributed by atoms with Gasteiger partial charge in [0.15, 0.2) is 5.75 Å². The number of aromatic nitrogens is 1. The summed E-state index contributed by atoms with van der Waals surface area (Å²) in [5.41, 5.74) is 1.43. The SMILES string of the molecule is C=NC(C)=N/C=C(\C)COC1CCN([C@H](C)c2nc3c(cc2F)OCCO3)CC1. The van der Waals surface area contributed by atoms with Crippen LogP contribution in [0.5, 0.6) is 11.6 Å². The van der Waals surface area contributed by atoms with E-state index in [-0.39, 0.29) is 18.0 Å². The lowest BCUT2D eigenvalue weighted by atomic mass is 10.0. The van der Waals surface area contributed by atoms with Gasteiger partial charge in [0.25, 0.3) is 5.88 Å². The van der Waals surface area contributed by atoms with Crippen LogP contribution in [0.2, 0.25) is 0 Å². The molecule has 2 aliphatic heterocycles. The third-order valence-corrected chi connectivity index (χ3v) is 5.18. The van der Waals surface area contributed by atoms with Crippen molar-refractivity contribution >= 4 is 12.6 Å². The van der Waals surface area contributed by atoms with Gasteiger partial charge in [-0.25, -0.2) is 19.4 Å². The van der Waals surface area contributed by atoms with Crippen molar-refractivity contribution in [2.75, 3.05) is 32.9 Å². The average Bonchev–Trinajstić information content (AvgIpc) is 2.75. The topological polar surface area (TPSA) is 68.5 Å². The van der Waals surface area contributed by atoms with Crippen LogP contribution in [0.4, 0.5) is 4.39 Å². The Bertz CT molecular complexity index is 788. The second-order valence-corrected chi connectivity index (χ2v) is 7.39. The minimum absolute atomic E-state index is 0.142. The lowest BCUT2D eigenvalue weighted by molar-refractivity contribution is 0.00882. The van der Waals surface area contributed by atoms with E-state index in [0.717, 1.165) is 31.5 Å². The predicted molar refractivity (Wildman–Crippen MR) is 111 cm³/mol. The fraction of sp³-hybridized carbons (Fsp3) is 0.571. The lowest BCUT2D eigenvalue weighted by Gasteiger charge is -2.36. The molecule has 1 atom stereocenters. The van der Waals surface area contributed by atoms with Gasteiger partial charge in [-0.05, 0) is 45.9 Å².